The summed E-state index contributed by atoms with van der Waals surface area (Å²) in [5.41, 5.74) is 7.03. The van der Waals surface area contributed by atoms with Gasteiger partial charge in [0, 0.05) is 30.5 Å². The molecule has 6 nitrogen and oxygen atoms in total. The van der Waals surface area contributed by atoms with E-state index in [0.717, 1.165) is 17.3 Å². The number of aromatic nitrogens is 2. The smallest absolute Gasteiger partial charge is 0.418 e. The van der Waals surface area contributed by atoms with Crippen LogP contribution in [0.5, 0.6) is 5.75 Å². The molecule has 1 aromatic heterocycles. The van der Waals surface area contributed by atoms with E-state index in [9.17, 15) is 18.3 Å². The van der Waals surface area contributed by atoms with Crippen molar-refractivity contribution in [3.63, 3.8) is 0 Å². The summed E-state index contributed by atoms with van der Waals surface area (Å²) in [4.78, 5) is 0. The minimum absolute atomic E-state index is 0.0596. The number of hydrogen-bond acceptors (Lipinski definition) is 5. The van der Waals surface area contributed by atoms with Crippen LogP contribution in [0.15, 0.2) is 60.9 Å². The van der Waals surface area contributed by atoms with Crippen molar-refractivity contribution in [3.05, 3.63) is 72.1 Å². The molecule has 4 N–H and O–H groups in total. The number of hydrazine groups is 1. The topological polar surface area (TPSA) is 74.1 Å². The maximum atomic E-state index is 13.2. The van der Waals surface area contributed by atoms with Crippen LogP contribution in [-0.2, 0) is 6.18 Å². The number of benzene rings is 2. The van der Waals surface area contributed by atoms with Crippen molar-refractivity contribution in [2.45, 2.75) is 24.8 Å². The number of phenols is 1. The molecule has 2 aromatic carbocycles. The quantitative estimate of drug-likeness (QED) is 0.514. The van der Waals surface area contributed by atoms with E-state index in [1.807, 2.05) is 36.5 Å². The second-order valence-electron chi connectivity index (χ2n) is 6.54. The average molecular weight is 389 g/mol. The Hall–Kier alpha value is -3.04. The number of phenolic OH excluding ortho intramolecular Hbond substituents is 1. The zero-order chi connectivity index (χ0) is 19.7. The Morgan fingerprint density at radius 2 is 1.89 bits per heavy atom. The maximum Gasteiger partial charge on any atom is 0.418 e. The molecule has 2 heterocycles. The summed E-state index contributed by atoms with van der Waals surface area (Å²) in [6.45, 7) is 0. The molecule has 0 aliphatic carbocycles. The Labute approximate surface area is 159 Å². The highest BCUT2D eigenvalue weighted by molar-refractivity contribution is 5.56. The van der Waals surface area contributed by atoms with Crippen molar-refractivity contribution in [2.75, 3.05) is 5.32 Å². The molecule has 0 radical (unpaired) electrons. The fraction of sp³-hybridized carbons (Fsp3) is 0.211. The van der Waals surface area contributed by atoms with Crippen molar-refractivity contribution in [3.8, 4) is 11.4 Å². The van der Waals surface area contributed by atoms with Gasteiger partial charge in [0.15, 0.2) is 0 Å². The van der Waals surface area contributed by atoms with Gasteiger partial charge in [-0.2, -0.15) is 18.3 Å². The molecule has 2 unspecified atom stereocenters. The molecule has 3 aromatic rings. The Bertz CT molecular complexity index is 941. The van der Waals surface area contributed by atoms with Gasteiger partial charge in [-0.1, -0.05) is 12.1 Å². The lowest BCUT2D eigenvalue weighted by molar-refractivity contribution is -0.137. The number of aromatic hydroxyl groups is 1. The molecule has 0 amide bonds. The van der Waals surface area contributed by atoms with Gasteiger partial charge in [0.2, 0.25) is 0 Å². The highest BCUT2D eigenvalue weighted by atomic mass is 19.4. The van der Waals surface area contributed by atoms with Crippen molar-refractivity contribution in [1.82, 2.24) is 20.6 Å². The zero-order valence-corrected chi connectivity index (χ0v) is 14.6. The highest BCUT2D eigenvalue weighted by Gasteiger charge is 2.35. The van der Waals surface area contributed by atoms with Crippen molar-refractivity contribution < 1.29 is 18.3 Å². The van der Waals surface area contributed by atoms with E-state index in [0.29, 0.717) is 6.42 Å². The normalized spacial score (nSPS) is 19.7. The molecule has 28 heavy (non-hydrogen) atoms. The largest absolute Gasteiger partial charge is 0.508 e. The molecule has 1 saturated heterocycles. The molecule has 2 atom stereocenters. The summed E-state index contributed by atoms with van der Waals surface area (Å²) in [6, 6.07) is 12.7. The van der Waals surface area contributed by atoms with Crippen LogP contribution in [0.1, 0.15) is 23.6 Å². The number of alkyl halides is 3. The van der Waals surface area contributed by atoms with Gasteiger partial charge in [-0.15, -0.1) is 0 Å². The molecule has 1 fully saturated rings. The van der Waals surface area contributed by atoms with Crippen LogP contribution in [0.4, 0.5) is 18.9 Å². The zero-order valence-electron chi connectivity index (χ0n) is 14.6. The SMILES string of the molecule is Oc1ccc(NC2CC(c3ccc(-n4cccn4)cc3)NN2)c(C(F)(F)F)c1. The molecular weight excluding hydrogens is 371 g/mol. The first-order valence-corrected chi connectivity index (χ1v) is 8.68. The molecule has 0 saturated carbocycles. The number of hydrogen-bond donors (Lipinski definition) is 4. The number of anilines is 1. The van der Waals surface area contributed by atoms with E-state index < -0.39 is 23.7 Å². The summed E-state index contributed by atoms with van der Waals surface area (Å²) in [6.07, 6.45) is -0.874. The first kappa shape index (κ1) is 18.3. The van der Waals surface area contributed by atoms with Gasteiger partial charge in [-0.25, -0.2) is 15.5 Å². The second kappa shape index (κ2) is 7.17. The minimum Gasteiger partial charge on any atom is -0.508 e. The summed E-state index contributed by atoms with van der Waals surface area (Å²) in [5, 5.41) is 16.4. The standard InChI is InChI=1S/C19H18F3N5O/c20-19(21,22)15-10-14(28)6-7-16(15)24-18-11-17(25-26-18)12-2-4-13(5-3-12)27-9-1-8-23-27/h1-10,17-18,24-26,28H,11H2. The third-order valence-electron chi connectivity index (χ3n) is 4.61. The Morgan fingerprint density at radius 3 is 2.57 bits per heavy atom. The predicted octanol–water partition coefficient (Wildman–Crippen LogP) is 3.57. The number of nitrogens with zero attached hydrogens (tertiary/aromatic N) is 2. The van der Waals surface area contributed by atoms with E-state index in [1.54, 1.807) is 10.9 Å². The Kier molecular flexibility index (Phi) is 4.70. The summed E-state index contributed by atoms with van der Waals surface area (Å²) in [5.74, 6) is -0.425. The van der Waals surface area contributed by atoms with Gasteiger partial charge in [0.1, 0.15) is 5.75 Å². The number of nitrogens with one attached hydrogen (secondary N) is 3. The molecule has 1 aliphatic heterocycles. The maximum absolute atomic E-state index is 13.2. The van der Waals surface area contributed by atoms with Gasteiger partial charge in [-0.05, 0) is 42.0 Å². The Morgan fingerprint density at radius 1 is 1.11 bits per heavy atom. The Balaban J connectivity index is 1.45. The predicted molar refractivity (Wildman–Crippen MR) is 97.7 cm³/mol. The van der Waals surface area contributed by atoms with Crippen LogP contribution in [0.2, 0.25) is 0 Å². The van der Waals surface area contributed by atoms with Gasteiger partial charge in [-0.3, -0.25) is 0 Å². The third kappa shape index (κ3) is 3.80. The summed E-state index contributed by atoms with van der Waals surface area (Å²) in [7, 11) is 0. The first-order valence-electron chi connectivity index (χ1n) is 8.68. The van der Waals surface area contributed by atoms with E-state index in [2.05, 4.69) is 21.3 Å². The van der Waals surface area contributed by atoms with Gasteiger partial charge < -0.3 is 10.4 Å². The first-order chi connectivity index (χ1) is 13.4. The highest BCUT2D eigenvalue weighted by Crippen LogP contribution is 2.37. The molecule has 0 bridgehead atoms. The van der Waals surface area contributed by atoms with Crippen LogP contribution >= 0.6 is 0 Å². The minimum atomic E-state index is -4.56. The average Bonchev–Trinajstić information content (AvgIpc) is 3.35. The molecule has 0 spiro atoms. The number of halogens is 3. The second-order valence-corrected chi connectivity index (χ2v) is 6.54. The van der Waals surface area contributed by atoms with E-state index in [1.165, 1.54) is 12.1 Å². The fourth-order valence-electron chi connectivity index (χ4n) is 3.23. The van der Waals surface area contributed by atoms with Crippen LogP contribution in [0.3, 0.4) is 0 Å². The lowest BCUT2D eigenvalue weighted by atomic mass is 10.0. The molecule has 9 heteroatoms. The van der Waals surface area contributed by atoms with E-state index >= 15 is 0 Å². The van der Waals surface area contributed by atoms with Gasteiger partial charge in [0.25, 0.3) is 0 Å². The van der Waals surface area contributed by atoms with Crippen LogP contribution in [0.25, 0.3) is 5.69 Å². The van der Waals surface area contributed by atoms with Gasteiger partial charge >= 0.3 is 6.18 Å². The van der Waals surface area contributed by atoms with Crippen molar-refractivity contribution in [1.29, 1.82) is 0 Å². The molecular formula is C19H18F3N5O. The summed E-state index contributed by atoms with van der Waals surface area (Å²) < 4.78 is 41.4. The van der Waals surface area contributed by atoms with E-state index in [-0.39, 0.29) is 11.7 Å². The number of rotatable bonds is 4. The third-order valence-corrected chi connectivity index (χ3v) is 4.61. The van der Waals surface area contributed by atoms with Crippen LogP contribution in [0, 0.1) is 0 Å². The monoisotopic (exact) mass is 389 g/mol. The van der Waals surface area contributed by atoms with Crippen LogP contribution < -0.4 is 16.2 Å². The molecule has 146 valence electrons. The van der Waals surface area contributed by atoms with Gasteiger partial charge in [0.05, 0.1) is 17.4 Å². The van der Waals surface area contributed by atoms with E-state index in [4.69, 9.17) is 0 Å². The lowest BCUT2D eigenvalue weighted by Crippen LogP contribution is -2.36. The molecule has 1 aliphatic rings. The summed E-state index contributed by atoms with van der Waals surface area (Å²) >= 11 is 0. The van der Waals surface area contributed by atoms with Crippen molar-refractivity contribution in [2.24, 2.45) is 0 Å². The lowest BCUT2D eigenvalue weighted by Gasteiger charge is -2.18. The molecule has 4 rings (SSSR count). The fourth-order valence-corrected chi connectivity index (χ4v) is 3.23. The van der Waals surface area contributed by atoms with Crippen LogP contribution in [-0.4, -0.2) is 21.1 Å². The van der Waals surface area contributed by atoms with Crippen molar-refractivity contribution >= 4 is 5.69 Å².